The molecule has 4 aliphatic rings. The first-order valence-corrected chi connectivity index (χ1v) is 12.0. The molecule has 0 aliphatic carbocycles. The highest BCUT2D eigenvalue weighted by Crippen LogP contribution is 2.52. The Kier molecular flexibility index (Phi) is 4.48. The van der Waals surface area contributed by atoms with Crippen molar-refractivity contribution in [3.63, 3.8) is 0 Å². The summed E-state index contributed by atoms with van der Waals surface area (Å²) in [5, 5.41) is 4.19. The van der Waals surface area contributed by atoms with E-state index in [1.165, 1.54) is 10.9 Å². The quantitative estimate of drug-likeness (QED) is 0.539. The number of H-pyrrole nitrogens is 1. The summed E-state index contributed by atoms with van der Waals surface area (Å²) in [5.74, 6) is 0.212. The highest BCUT2D eigenvalue weighted by Gasteiger charge is 2.66. The summed E-state index contributed by atoms with van der Waals surface area (Å²) < 4.78 is 17.0. The largest absolute Gasteiger partial charge is 0.454 e. The smallest absolute Gasteiger partial charge is 0.231 e. The number of aromatic nitrogens is 1. The molecular weight excluding hydrogens is 446 g/mol. The van der Waals surface area contributed by atoms with E-state index in [1.54, 1.807) is 0 Å². The number of amides is 2. The van der Waals surface area contributed by atoms with Gasteiger partial charge in [0.05, 0.1) is 24.5 Å². The summed E-state index contributed by atoms with van der Waals surface area (Å²) in [7, 11) is 0. The third-order valence-electron chi connectivity index (χ3n) is 7.71. The second kappa shape index (κ2) is 7.61. The molecule has 8 nitrogen and oxygen atoms in total. The van der Waals surface area contributed by atoms with Crippen LogP contribution in [0.2, 0.25) is 0 Å². The van der Waals surface area contributed by atoms with Crippen LogP contribution in [0.3, 0.4) is 0 Å². The van der Waals surface area contributed by atoms with Crippen LogP contribution in [0.5, 0.6) is 11.5 Å². The van der Waals surface area contributed by atoms with E-state index < -0.39 is 17.4 Å². The molecule has 1 spiro atoms. The van der Waals surface area contributed by atoms with Crippen LogP contribution >= 0.6 is 0 Å². The zero-order valence-corrected chi connectivity index (χ0v) is 19.0. The standard InChI is InChI=1S/C27H25N3O5/c31-25(29-12-16-5-6-20-22(11-16)34-15-33-20)23-21-7-9-27(35-21)14-30(26(32)24(23)27)10-8-17-13-28-19-4-2-1-3-18(17)19/h1-7,9,11,13,21,23-24,28H,8,10,12,14-15H2,(H,29,31)/t21-,23?,24?,27?/m0/s1. The number of aromatic amines is 1. The molecule has 178 valence electrons. The van der Waals surface area contributed by atoms with Crippen molar-refractivity contribution in [2.24, 2.45) is 11.8 Å². The van der Waals surface area contributed by atoms with Crippen LogP contribution in [0, 0.1) is 11.8 Å². The Bertz CT molecular complexity index is 1380. The van der Waals surface area contributed by atoms with E-state index in [1.807, 2.05) is 59.6 Å². The van der Waals surface area contributed by atoms with E-state index in [2.05, 4.69) is 16.4 Å². The van der Waals surface area contributed by atoms with Crippen molar-refractivity contribution in [2.75, 3.05) is 19.9 Å². The van der Waals surface area contributed by atoms with E-state index in [0.717, 1.165) is 17.5 Å². The van der Waals surface area contributed by atoms with Crippen LogP contribution in [0.15, 0.2) is 60.8 Å². The molecule has 5 heterocycles. The van der Waals surface area contributed by atoms with Gasteiger partial charge in [-0.05, 0) is 35.7 Å². The van der Waals surface area contributed by atoms with Gasteiger partial charge < -0.3 is 29.4 Å². The minimum Gasteiger partial charge on any atom is -0.454 e. The van der Waals surface area contributed by atoms with Crippen LogP contribution in [0.4, 0.5) is 0 Å². The molecule has 0 radical (unpaired) electrons. The number of likely N-dealkylation sites (tertiary alicyclic amines) is 1. The number of hydrogen-bond donors (Lipinski definition) is 2. The summed E-state index contributed by atoms with van der Waals surface area (Å²) in [6, 6.07) is 13.8. The van der Waals surface area contributed by atoms with Crippen LogP contribution in [0.1, 0.15) is 11.1 Å². The Morgan fingerprint density at radius 2 is 2.06 bits per heavy atom. The molecular formula is C27H25N3O5. The Labute approximate surface area is 201 Å². The lowest BCUT2D eigenvalue weighted by Crippen LogP contribution is -2.44. The molecule has 2 amide bonds. The van der Waals surface area contributed by atoms with E-state index in [0.29, 0.717) is 31.1 Å². The van der Waals surface area contributed by atoms with Gasteiger partial charge in [0.25, 0.3) is 0 Å². The van der Waals surface area contributed by atoms with E-state index >= 15 is 0 Å². The van der Waals surface area contributed by atoms with Crippen molar-refractivity contribution >= 4 is 22.7 Å². The Morgan fingerprint density at radius 1 is 1.17 bits per heavy atom. The van der Waals surface area contributed by atoms with Crippen LogP contribution in [0.25, 0.3) is 10.9 Å². The third kappa shape index (κ3) is 3.16. The number of rotatable bonds is 6. The molecule has 8 heteroatoms. The minimum atomic E-state index is -0.706. The predicted molar refractivity (Wildman–Crippen MR) is 127 cm³/mol. The number of nitrogens with zero attached hydrogens (tertiary/aromatic N) is 1. The van der Waals surface area contributed by atoms with Crippen molar-refractivity contribution < 1.29 is 23.8 Å². The highest BCUT2D eigenvalue weighted by atomic mass is 16.7. The Hall–Kier alpha value is -3.78. The van der Waals surface area contributed by atoms with Crippen LogP contribution in [-0.4, -0.2) is 53.3 Å². The van der Waals surface area contributed by atoms with Gasteiger partial charge in [0.1, 0.15) is 5.60 Å². The van der Waals surface area contributed by atoms with Gasteiger partial charge in [0.2, 0.25) is 18.6 Å². The van der Waals surface area contributed by atoms with Crippen molar-refractivity contribution in [3.8, 4) is 11.5 Å². The summed E-state index contributed by atoms with van der Waals surface area (Å²) in [6.07, 6.45) is 6.33. The summed E-state index contributed by atoms with van der Waals surface area (Å²) >= 11 is 0. The fourth-order valence-corrected chi connectivity index (χ4v) is 6.02. The van der Waals surface area contributed by atoms with E-state index in [9.17, 15) is 9.59 Å². The van der Waals surface area contributed by atoms with Crippen molar-refractivity contribution in [1.29, 1.82) is 0 Å². The maximum atomic E-state index is 13.5. The van der Waals surface area contributed by atoms with Gasteiger partial charge >= 0.3 is 0 Å². The maximum Gasteiger partial charge on any atom is 0.231 e. The first-order chi connectivity index (χ1) is 17.1. The van der Waals surface area contributed by atoms with Crippen LogP contribution < -0.4 is 14.8 Å². The molecule has 0 saturated carbocycles. The molecule has 1 aromatic heterocycles. The lowest BCUT2D eigenvalue weighted by molar-refractivity contribution is -0.137. The van der Waals surface area contributed by atoms with Gasteiger partial charge in [-0.2, -0.15) is 0 Å². The molecule has 2 bridgehead atoms. The molecule has 3 aromatic rings. The molecule has 2 N–H and O–H groups in total. The first kappa shape index (κ1) is 20.6. The molecule has 2 aromatic carbocycles. The second-order valence-electron chi connectivity index (χ2n) is 9.67. The van der Waals surface area contributed by atoms with Crippen molar-refractivity contribution in [3.05, 3.63) is 71.9 Å². The average molecular weight is 472 g/mol. The van der Waals surface area contributed by atoms with Crippen molar-refractivity contribution in [1.82, 2.24) is 15.2 Å². The topological polar surface area (TPSA) is 92.9 Å². The molecule has 7 rings (SSSR count). The van der Waals surface area contributed by atoms with Crippen molar-refractivity contribution in [2.45, 2.75) is 24.7 Å². The second-order valence-corrected chi connectivity index (χ2v) is 9.67. The van der Waals surface area contributed by atoms with Gasteiger partial charge in [0, 0.05) is 30.2 Å². The number of carbonyl (C=O) groups excluding carboxylic acids is 2. The normalized spacial score (nSPS) is 27.7. The lowest BCUT2D eigenvalue weighted by Gasteiger charge is -2.23. The van der Waals surface area contributed by atoms with Crippen LogP contribution in [-0.2, 0) is 27.3 Å². The monoisotopic (exact) mass is 471 g/mol. The number of benzene rings is 2. The molecule has 2 saturated heterocycles. The summed E-state index contributed by atoms with van der Waals surface area (Å²) in [5.41, 5.74) is 2.48. The minimum absolute atomic E-state index is 0.0000733. The number of carbonyl (C=O) groups is 2. The fourth-order valence-electron chi connectivity index (χ4n) is 6.02. The number of para-hydroxylation sites is 1. The van der Waals surface area contributed by atoms with Gasteiger partial charge in [-0.1, -0.05) is 36.4 Å². The van der Waals surface area contributed by atoms with Gasteiger partial charge in [-0.25, -0.2) is 0 Å². The molecule has 2 fully saturated rings. The number of hydrogen-bond acceptors (Lipinski definition) is 5. The SMILES string of the molecule is O=C(NCc1ccc2c(c1)OCO2)C1C2C(=O)N(CCc3c[nH]c4ccccc34)CC23C=C[C@@H]1O3. The number of ether oxygens (including phenoxy) is 3. The zero-order valence-electron chi connectivity index (χ0n) is 19.0. The predicted octanol–water partition coefficient (Wildman–Crippen LogP) is 2.54. The van der Waals surface area contributed by atoms with E-state index in [4.69, 9.17) is 14.2 Å². The van der Waals surface area contributed by atoms with Gasteiger partial charge in [-0.3, -0.25) is 9.59 Å². The van der Waals surface area contributed by atoms with Gasteiger partial charge in [0.15, 0.2) is 11.5 Å². The first-order valence-electron chi connectivity index (χ1n) is 12.0. The molecule has 4 aliphatic heterocycles. The average Bonchev–Trinajstić information content (AvgIpc) is 3.68. The number of nitrogens with one attached hydrogen (secondary N) is 2. The zero-order chi connectivity index (χ0) is 23.6. The fraction of sp³-hybridized carbons (Fsp3) is 0.333. The number of fused-ring (bicyclic) bond motifs is 3. The van der Waals surface area contributed by atoms with E-state index in [-0.39, 0.29) is 24.7 Å². The molecule has 4 atom stereocenters. The summed E-state index contributed by atoms with van der Waals surface area (Å²) in [6.45, 7) is 1.63. The molecule has 35 heavy (non-hydrogen) atoms. The maximum absolute atomic E-state index is 13.5. The Balaban J connectivity index is 1.05. The van der Waals surface area contributed by atoms with Gasteiger partial charge in [-0.15, -0.1) is 0 Å². The summed E-state index contributed by atoms with van der Waals surface area (Å²) in [4.78, 5) is 31.9. The highest BCUT2D eigenvalue weighted by molar-refractivity contribution is 5.93. The third-order valence-corrected chi connectivity index (χ3v) is 7.71. The Morgan fingerprint density at radius 3 is 3.00 bits per heavy atom. The lowest BCUT2D eigenvalue weighted by atomic mass is 9.77. The molecule has 3 unspecified atom stereocenters.